The first-order valence-electron chi connectivity index (χ1n) is 9.61. The highest BCUT2D eigenvalue weighted by molar-refractivity contribution is 8.00. The third kappa shape index (κ3) is 5.87. The Bertz CT molecular complexity index is 1060. The zero-order valence-electron chi connectivity index (χ0n) is 16.5. The number of hydrogen-bond acceptors (Lipinski definition) is 4. The van der Waals surface area contributed by atoms with E-state index in [4.69, 9.17) is 5.11 Å². The van der Waals surface area contributed by atoms with Crippen molar-refractivity contribution in [1.29, 1.82) is 0 Å². The second-order valence-electron chi connectivity index (χ2n) is 6.75. The maximum absolute atomic E-state index is 12.8. The molecule has 3 rings (SSSR count). The zero-order valence-corrected chi connectivity index (χ0v) is 17.3. The van der Waals surface area contributed by atoms with Crippen LogP contribution in [0.3, 0.4) is 0 Å². The summed E-state index contributed by atoms with van der Waals surface area (Å²) in [5.74, 6) is -1.46. The summed E-state index contributed by atoms with van der Waals surface area (Å²) in [6.07, 6.45) is 2.19. The Morgan fingerprint density at radius 1 is 1.03 bits per heavy atom. The van der Waals surface area contributed by atoms with Crippen molar-refractivity contribution in [3.8, 4) is 0 Å². The third-order valence-corrected chi connectivity index (χ3v) is 5.81. The number of carbonyl (C=O) groups excluding carboxylic acids is 2. The number of hydrogen-bond donors (Lipinski definition) is 4. The Kier molecular flexibility index (Phi) is 7.13. The number of H-pyrrole nitrogens is 1. The second kappa shape index (κ2) is 9.98. The third-order valence-electron chi connectivity index (χ3n) is 4.45. The van der Waals surface area contributed by atoms with E-state index in [9.17, 15) is 14.4 Å². The van der Waals surface area contributed by atoms with E-state index in [0.717, 1.165) is 21.5 Å². The van der Waals surface area contributed by atoms with Crippen LogP contribution in [0.1, 0.15) is 26.2 Å². The normalized spacial score (nSPS) is 11.8. The molecule has 7 nitrogen and oxygen atoms in total. The van der Waals surface area contributed by atoms with Crippen LogP contribution < -0.4 is 10.6 Å². The summed E-state index contributed by atoms with van der Waals surface area (Å²) in [5, 5.41) is 15.1. The Morgan fingerprint density at radius 2 is 1.83 bits per heavy atom. The molecule has 1 unspecified atom stereocenters. The van der Waals surface area contributed by atoms with E-state index in [1.54, 1.807) is 18.2 Å². The van der Waals surface area contributed by atoms with Gasteiger partial charge in [-0.1, -0.05) is 19.1 Å². The monoisotopic (exact) mass is 425 g/mol. The van der Waals surface area contributed by atoms with Crippen LogP contribution in [0.15, 0.2) is 59.6 Å². The van der Waals surface area contributed by atoms with Gasteiger partial charge in [-0.25, -0.2) is 0 Å². The highest BCUT2D eigenvalue weighted by Crippen LogP contribution is 2.29. The molecule has 1 aromatic heterocycles. The van der Waals surface area contributed by atoms with Crippen molar-refractivity contribution in [2.75, 3.05) is 10.6 Å². The number of carboxylic acid groups (broad SMARTS) is 1. The SMILES string of the molecule is CCC(Sc1cccc(NC(=O)CCC(=O)O)c1)C(=O)Nc1ccc2cc[nH]c2c1. The number of nitrogens with one attached hydrogen (secondary N) is 3. The Labute approximate surface area is 178 Å². The molecule has 1 atom stereocenters. The molecule has 2 aromatic carbocycles. The average molecular weight is 426 g/mol. The fourth-order valence-electron chi connectivity index (χ4n) is 2.93. The van der Waals surface area contributed by atoms with Gasteiger partial charge in [-0.15, -0.1) is 11.8 Å². The van der Waals surface area contributed by atoms with Crippen molar-refractivity contribution < 1.29 is 19.5 Å². The largest absolute Gasteiger partial charge is 0.481 e. The number of carbonyl (C=O) groups is 3. The van der Waals surface area contributed by atoms with Crippen molar-refractivity contribution in [2.45, 2.75) is 36.3 Å². The molecule has 0 saturated carbocycles. The smallest absolute Gasteiger partial charge is 0.303 e. The molecule has 8 heteroatoms. The van der Waals surface area contributed by atoms with Gasteiger partial charge in [0.2, 0.25) is 11.8 Å². The van der Waals surface area contributed by atoms with E-state index in [2.05, 4.69) is 15.6 Å². The molecule has 2 amide bonds. The molecule has 3 aromatic rings. The van der Waals surface area contributed by atoms with Crippen LogP contribution in [0.2, 0.25) is 0 Å². The number of amides is 2. The number of fused-ring (bicyclic) bond motifs is 1. The summed E-state index contributed by atoms with van der Waals surface area (Å²) < 4.78 is 0. The highest BCUT2D eigenvalue weighted by atomic mass is 32.2. The molecule has 0 fully saturated rings. The van der Waals surface area contributed by atoms with Gasteiger partial charge in [0.1, 0.15) is 0 Å². The van der Waals surface area contributed by atoms with Crippen molar-refractivity contribution in [2.24, 2.45) is 0 Å². The molecule has 30 heavy (non-hydrogen) atoms. The lowest BCUT2D eigenvalue weighted by molar-refractivity contribution is -0.138. The van der Waals surface area contributed by atoms with Crippen LogP contribution in [-0.4, -0.2) is 33.1 Å². The van der Waals surface area contributed by atoms with Crippen LogP contribution in [-0.2, 0) is 14.4 Å². The van der Waals surface area contributed by atoms with Gasteiger partial charge >= 0.3 is 5.97 Å². The molecule has 0 aliphatic carbocycles. The summed E-state index contributed by atoms with van der Waals surface area (Å²) in [6, 6.07) is 14.9. The quantitative estimate of drug-likeness (QED) is 0.378. The first kappa shape index (κ1) is 21.4. The maximum Gasteiger partial charge on any atom is 0.303 e. The first-order valence-corrected chi connectivity index (χ1v) is 10.5. The molecule has 156 valence electrons. The lowest BCUT2D eigenvalue weighted by Crippen LogP contribution is -2.24. The molecule has 0 aliphatic rings. The lowest BCUT2D eigenvalue weighted by atomic mass is 10.2. The van der Waals surface area contributed by atoms with Crippen molar-refractivity contribution in [3.05, 3.63) is 54.7 Å². The number of thioether (sulfide) groups is 1. The van der Waals surface area contributed by atoms with E-state index >= 15 is 0 Å². The molecule has 1 heterocycles. The van der Waals surface area contributed by atoms with Crippen LogP contribution in [0, 0.1) is 0 Å². The minimum Gasteiger partial charge on any atom is -0.481 e. The molecular weight excluding hydrogens is 402 g/mol. The van der Waals surface area contributed by atoms with Crippen LogP contribution in [0.5, 0.6) is 0 Å². The number of anilines is 2. The Balaban J connectivity index is 1.62. The van der Waals surface area contributed by atoms with Crippen molar-refractivity contribution in [1.82, 2.24) is 4.98 Å². The Hall–Kier alpha value is -3.26. The average Bonchev–Trinajstić information content (AvgIpc) is 3.18. The lowest BCUT2D eigenvalue weighted by Gasteiger charge is -2.15. The topological polar surface area (TPSA) is 111 Å². The van der Waals surface area contributed by atoms with Gasteiger partial charge in [-0.05, 0) is 48.2 Å². The molecule has 0 spiro atoms. The fraction of sp³-hybridized carbons (Fsp3) is 0.227. The maximum atomic E-state index is 12.8. The second-order valence-corrected chi connectivity index (χ2v) is 8.03. The Morgan fingerprint density at radius 3 is 2.60 bits per heavy atom. The molecule has 0 radical (unpaired) electrons. The highest BCUT2D eigenvalue weighted by Gasteiger charge is 2.18. The van der Waals surface area contributed by atoms with Crippen molar-refractivity contribution in [3.63, 3.8) is 0 Å². The molecule has 4 N–H and O–H groups in total. The number of aliphatic carboxylic acids is 1. The minimum absolute atomic E-state index is 0.0855. The van der Waals surface area contributed by atoms with Gasteiger partial charge in [0.25, 0.3) is 0 Å². The summed E-state index contributed by atoms with van der Waals surface area (Å²) >= 11 is 1.42. The molecule has 0 aliphatic heterocycles. The number of rotatable bonds is 9. The number of aromatic nitrogens is 1. The van der Waals surface area contributed by atoms with E-state index in [1.165, 1.54) is 11.8 Å². The molecule has 0 saturated heterocycles. The van der Waals surface area contributed by atoms with E-state index in [0.29, 0.717) is 12.1 Å². The van der Waals surface area contributed by atoms with Crippen LogP contribution in [0.25, 0.3) is 10.9 Å². The first-order chi connectivity index (χ1) is 14.4. The predicted molar refractivity (Wildman–Crippen MR) is 119 cm³/mol. The van der Waals surface area contributed by atoms with Gasteiger partial charge in [-0.3, -0.25) is 14.4 Å². The minimum atomic E-state index is -1.01. The number of aromatic amines is 1. The number of carboxylic acids is 1. The van der Waals surface area contributed by atoms with Gasteiger partial charge < -0.3 is 20.7 Å². The van der Waals surface area contributed by atoms with Gasteiger partial charge in [0.05, 0.1) is 11.7 Å². The van der Waals surface area contributed by atoms with E-state index < -0.39 is 5.97 Å². The van der Waals surface area contributed by atoms with E-state index in [-0.39, 0.29) is 29.9 Å². The van der Waals surface area contributed by atoms with Crippen molar-refractivity contribution >= 4 is 51.8 Å². The summed E-state index contributed by atoms with van der Waals surface area (Å²) in [5.41, 5.74) is 2.26. The van der Waals surface area contributed by atoms with Crippen LogP contribution in [0.4, 0.5) is 11.4 Å². The molecular formula is C22H23N3O4S. The standard InChI is InChI=1S/C22H23N3O4S/c1-2-19(22(29)25-16-7-6-14-10-11-23-18(14)13-16)30-17-5-3-4-15(12-17)24-20(26)8-9-21(27)28/h3-7,10-13,19,23H,2,8-9H2,1H3,(H,24,26)(H,25,29)(H,27,28). The van der Waals surface area contributed by atoms with Crippen LogP contribution >= 0.6 is 11.8 Å². The summed E-state index contributed by atoms with van der Waals surface area (Å²) in [7, 11) is 0. The molecule has 0 bridgehead atoms. The van der Waals surface area contributed by atoms with Gasteiger partial charge in [0.15, 0.2) is 0 Å². The van der Waals surface area contributed by atoms with E-state index in [1.807, 2.05) is 43.5 Å². The van der Waals surface area contributed by atoms with Gasteiger partial charge in [0, 0.05) is 34.4 Å². The predicted octanol–water partition coefficient (Wildman–Crippen LogP) is 4.48. The fourth-order valence-corrected chi connectivity index (χ4v) is 3.94. The summed E-state index contributed by atoms with van der Waals surface area (Å²) in [4.78, 5) is 39.2. The number of benzene rings is 2. The zero-order chi connectivity index (χ0) is 21.5. The van der Waals surface area contributed by atoms with Gasteiger partial charge in [-0.2, -0.15) is 0 Å². The summed E-state index contributed by atoms with van der Waals surface area (Å²) in [6.45, 7) is 1.95.